The van der Waals surface area contributed by atoms with E-state index in [0.29, 0.717) is 5.56 Å². The molecule has 0 aliphatic rings. The van der Waals surface area contributed by atoms with Gasteiger partial charge in [0.25, 0.3) is 5.91 Å². The summed E-state index contributed by atoms with van der Waals surface area (Å²) in [6, 6.07) is 6.11. The highest BCUT2D eigenvalue weighted by molar-refractivity contribution is 7.90. The minimum absolute atomic E-state index is 0.0169. The normalized spacial score (nSPS) is 11.3. The highest BCUT2D eigenvalue weighted by Gasteiger charge is 2.21. The van der Waals surface area contributed by atoms with Gasteiger partial charge in [-0.05, 0) is 17.7 Å². The van der Waals surface area contributed by atoms with Gasteiger partial charge in [0.05, 0.1) is 11.4 Å². The van der Waals surface area contributed by atoms with Gasteiger partial charge in [-0.1, -0.05) is 35.3 Å². The van der Waals surface area contributed by atoms with Crippen molar-refractivity contribution in [1.29, 1.82) is 0 Å². The first kappa shape index (κ1) is 19.7. The van der Waals surface area contributed by atoms with E-state index in [-0.39, 0.29) is 24.6 Å². The van der Waals surface area contributed by atoms with E-state index in [1.165, 1.54) is 24.0 Å². The first-order valence-electron chi connectivity index (χ1n) is 6.60. The van der Waals surface area contributed by atoms with Crippen molar-refractivity contribution in [3.8, 4) is 0 Å². The lowest BCUT2D eigenvalue weighted by Gasteiger charge is -2.23. The van der Waals surface area contributed by atoms with Gasteiger partial charge in [-0.2, -0.15) is 0 Å². The monoisotopic (exact) mass is 381 g/mol. The average Bonchev–Trinajstić information content (AvgIpc) is 2.44. The van der Waals surface area contributed by atoms with Crippen molar-refractivity contribution in [1.82, 2.24) is 4.90 Å². The van der Waals surface area contributed by atoms with Gasteiger partial charge >= 0.3 is 5.97 Å². The van der Waals surface area contributed by atoms with Crippen molar-refractivity contribution in [3.63, 3.8) is 0 Å². The third-order valence-electron chi connectivity index (χ3n) is 2.89. The quantitative estimate of drug-likeness (QED) is 0.531. The van der Waals surface area contributed by atoms with Crippen LogP contribution in [0, 0.1) is 0 Å². The number of hydrogen-bond donors (Lipinski definition) is 0. The smallest absolute Gasteiger partial charge is 0.302 e. The van der Waals surface area contributed by atoms with Crippen molar-refractivity contribution in [2.24, 2.45) is 0 Å². The Labute approximate surface area is 145 Å². The SMILES string of the molecule is CC(=O)OCCN(Cc1ccc(S(C)(=O)=O)cc1)C(=O)C(Cl)Cl. The number of benzene rings is 1. The number of sulfone groups is 1. The Kier molecular flexibility index (Phi) is 7.31. The number of halogens is 2. The van der Waals surface area contributed by atoms with Crippen LogP contribution in [-0.4, -0.2) is 49.4 Å². The Balaban J connectivity index is 2.83. The summed E-state index contributed by atoms with van der Waals surface area (Å²) in [5.41, 5.74) is 0.697. The maximum atomic E-state index is 12.0. The highest BCUT2D eigenvalue weighted by atomic mass is 35.5. The van der Waals surface area contributed by atoms with Gasteiger partial charge in [-0.3, -0.25) is 9.59 Å². The lowest BCUT2D eigenvalue weighted by molar-refractivity contribution is -0.143. The zero-order valence-electron chi connectivity index (χ0n) is 12.7. The molecule has 0 aromatic heterocycles. The molecule has 1 aromatic rings. The van der Waals surface area contributed by atoms with Crippen LogP contribution in [0.1, 0.15) is 12.5 Å². The van der Waals surface area contributed by atoms with Crippen LogP contribution in [0.3, 0.4) is 0 Å². The minimum atomic E-state index is -3.28. The fourth-order valence-corrected chi connectivity index (χ4v) is 2.67. The maximum Gasteiger partial charge on any atom is 0.302 e. The molecule has 0 bridgehead atoms. The fraction of sp³-hybridized carbons (Fsp3) is 0.429. The summed E-state index contributed by atoms with van der Waals surface area (Å²) in [7, 11) is -3.28. The summed E-state index contributed by atoms with van der Waals surface area (Å²) in [6.07, 6.45) is 1.11. The number of hydrogen-bond acceptors (Lipinski definition) is 5. The first-order chi connectivity index (χ1) is 10.6. The average molecular weight is 382 g/mol. The molecule has 0 fully saturated rings. The summed E-state index contributed by atoms with van der Waals surface area (Å²) >= 11 is 11.2. The van der Waals surface area contributed by atoms with Crippen LogP contribution in [0.4, 0.5) is 0 Å². The molecule has 0 unspecified atom stereocenters. The Morgan fingerprint density at radius 1 is 1.22 bits per heavy atom. The van der Waals surface area contributed by atoms with Crippen LogP contribution in [0.5, 0.6) is 0 Å². The van der Waals surface area contributed by atoms with Crippen LogP contribution in [0.25, 0.3) is 0 Å². The van der Waals surface area contributed by atoms with Crippen molar-refractivity contribution >= 4 is 44.9 Å². The summed E-state index contributed by atoms with van der Waals surface area (Å²) in [5, 5.41) is 0. The number of alkyl halides is 2. The predicted molar refractivity (Wildman–Crippen MR) is 87.1 cm³/mol. The van der Waals surface area contributed by atoms with Gasteiger partial charge in [-0.15, -0.1) is 0 Å². The molecule has 23 heavy (non-hydrogen) atoms. The topological polar surface area (TPSA) is 80.8 Å². The Morgan fingerprint density at radius 3 is 2.22 bits per heavy atom. The van der Waals surface area contributed by atoms with Crippen LogP contribution in [0.2, 0.25) is 0 Å². The highest BCUT2D eigenvalue weighted by Crippen LogP contribution is 2.14. The van der Waals surface area contributed by atoms with E-state index in [1.54, 1.807) is 12.1 Å². The molecule has 0 saturated heterocycles. The summed E-state index contributed by atoms with van der Waals surface area (Å²) in [5.74, 6) is -0.976. The number of amides is 1. The number of rotatable bonds is 7. The van der Waals surface area contributed by atoms with Gasteiger partial charge in [0.1, 0.15) is 6.61 Å². The lowest BCUT2D eigenvalue weighted by atomic mass is 10.2. The predicted octanol–water partition coefficient (Wildman–Crippen LogP) is 1.79. The van der Waals surface area contributed by atoms with Crippen LogP contribution in [-0.2, 0) is 30.7 Å². The van der Waals surface area contributed by atoms with Crippen molar-refractivity contribution in [2.45, 2.75) is 23.2 Å². The van der Waals surface area contributed by atoms with E-state index in [0.717, 1.165) is 6.26 Å². The van der Waals surface area contributed by atoms with Crippen LogP contribution >= 0.6 is 23.2 Å². The van der Waals surface area contributed by atoms with Crippen LogP contribution < -0.4 is 0 Å². The molecule has 6 nitrogen and oxygen atoms in total. The second kappa shape index (κ2) is 8.52. The minimum Gasteiger partial charge on any atom is -0.464 e. The van der Waals surface area contributed by atoms with E-state index in [4.69, 9.17) is 27.9 Å². The van der Waals surface area contributed by atoms with E-state index in [9.17, 15) is 18.0 Å². The third-order valence-corrected chi connectivity index (χ3v) is 4.39. The fourth-order valence-electron chi connectivity index (χ4n) is 1.77. The molecule has 0 aliphatic heterocycles. The number of esters is 1. The third kappa shape index (κ3) is 6.76. The molecule has 1 rings (SSSR count). The lowest BCUT2D eigenvalue weighted by Crippen LogP contribution is -2.37. The molecule has 128 valence electrons. The molecular formula is C14H17Cl2NO5S. The molecule has 0 N–H and O–H groups in total. The summed E-state index contributed by atoms with van der Waals surface area (Å²) in [6.45, 7) is 1.58. The molecule has 0 radical (unpaired) electrons. The van der Waals surface area contributed by atoms with E-state index >= 15 is 0 Å². The molecule has 1 aromatic carbocycles. The van der Waals surface area contributed by atoms with Crippen molar-refractivity contribution < 1.29 is 22.7 Å². The molecular weight excluding hydrogens is 365 g/mol. The van der Waals surface area contributed by atoms with Crippen molar-refractivity contribution in [2.75, 3.05) is 19.4 Å². The number of ether oxygens (including phenoxy) is 1. The largest absolute Gasteiger partial charge is 0.464 e. The van der Waals surface area contributed by atoms with Gasteiger partial charge in [0.15, 0.2) is 14.7 Å². The van der Waals surface area contributed by atoms with Gasteiger partial charge in [-0.25, -0.2) is 8.42 Å². The molecule has 9 heteroatoms. The van der Waals surface area contributed by atoms with Gasteiger partial charge in [0, 0.05) is 19.7 Å². The second-order valence-corrected chi connectivity index (χ2v) is 7.93. The number of carbonyl (C=O) groups is 2. The Hall–Kier alpha value is -1.31. The second-order valence-electron chi connectivity index (χ2n) is 4.82. The summed E-state index contributed by atoms with van der Waals surface area (Å²) < 4.78 is 27.6. The first-order valence-corrected chi connectivity index (χ1v) is 9.37. The molecule has 0 saturated carbocycles. The van der Waals surface area contributed by atoms with Crippen molar-refractivity contribution in [3.05, 3.63) is 29.8 Å². The molecule has 0 atom stereocenters. The number of carbonyl (C=O) groups excluding carboxylic acids is 2. The number of nitrogens with zero attached hydrogens (tertiary/aromatic N) is 1. The molecule has 0 heterocycles. The zero-order valence-corrected chi connectivity index (χ0v) is 15.0. The molecule has 0 spiro atoms. The zero-order chi connectivity index (χ0) is 17.6. The van der Waals surface area contributed by atoms with Gasteiger partial charge < -0.3 is 9.64 Å². The maximum absolute atomic E-state index is 12.0. The van der Waals surface area contributed by atoms with Gasteiger partial charge in [0.2, 0.25) is 0 Å². The Bertz CT molecular complexity index is 658. The van der Waals surface area contributed by atoms with E-state index in [2.05, 4.69) is 0 Å². The molecule has 0 aliphatic carbocycles. The Morgan fingerprint density at radius 2 is 1.78 bits per heavy atom. The standard InChI is InChI=1S/C14H17Cl2NO5S/c1-10(18)22-8-7-17(14(19)13(15)16)9-11-3-5-12(6-4-11)23(2,20)21/h3-6,13H,7-9H2,1-2H3. The van der Waals surface area contributed by atoms with E-state index < -0.39 is 26.6 Å². The summed E-state index contributed by atoms with van der Waals surface area (Å²) in [4.78, 5) is 23.0. The van der Waals surface area contributed by atoms with E-state index in [1.807, 2.05) is 0 Å². The van der Waals surface area contributed by atoms with Crippen LogP contribution in [0.15, 0.2) is 29.2 Å². The molecule has 1 amide bonds.